The normalized spacial score (nSPS) is 10.6. The maximum atomic E-state index is 11.9. The van der Waals surface area contributed by atoms with E-state index in [1.165, 1.54) is 13.3 Å². The molecule has 0 aliphatic carbocycles. The van der Waals surface area contributed by atoms with Gasteiger partial charge in [0.15, 0.2) is 11.5 Å². The van der Waals surface area contributed by atoms with Gasteiger partial charge in [-0.15, -0.1) is 0 Å². The van der Waals surface area contributed by atoms with Crippen LogP contribution in [0.1, 0.15) is 15.9 Å². The summed E-state index contributed by atoms with van der Waals surface area (Å²) in [4.78, 5) is 11.9. The van der Waals surface area contributed by atoms with Crippen molar-refractivity contribution in [3.63, 3.8) is 0 Å². The molecule has 6 nitrogen and oxygen atoms in total. The van der Waals surface area contributed by atoms with E-state index in [9.17, 15) is 9.90 Å². The highest BCUT2D eigenvalue weighted by molar-refractivity contribution is 9.10. The zero-order chi connectivity index (χ0) is 16.1. The Morgan fingerprint density at radius 3 is 2.77 bits per heavy atom. The zero-order valence-corrected chi connectivity index (χ0v) is 13.3. The average molecular weight is 364 g/mol. The largest absolute Gasteiger partial charge is 0.503 e. The van der Waals surface area contributed by atoms with E-state index in [0.29, 0.717) is 27.0 Å². The van der Waals surface area contributed by atoms with Crippen molar-refractivity contribution < 1.29 is 14.6 Å². The van der Waals surface area contributed by atoms with Crippen LogP contribution in [0.2, 0.25) is 0 Å². The van der Waals surface area contributed by atoms with Crippen LogP contribution < -0.4 is 15.9 Å². The Balaban J connectivity index is 2.12. The third-order valence-electron chi connectivity index (χ3n) is 2.90. The number of amides is 1. The molecule has 0 aromatic heterocycles. The minimum absolute atomic E-state index is 0.0370. The Hall–Kier alpha value is -2.54. The molecule has 4 N–H and O–H groups in total. The van der Waals surface area contributed by atoms with Crippen LogP contribution in [0.3, 0.4) is 0 Å². The van der Waals surface area contributed by atoms with Gasteiger partial charge in [-0.3, -0.25) is 4.79 Å². The fourth-order valence-electron chi connectivity index (χ4n) is 1.75. The van der Waals surface area contributed by atoms with Crippen molar-refractivity contribution in [2.45, 2.75) is 0 Å². The number of nitrogens with one attached hydrogen (secondary N) is 1. The van der Waals surface area contributed by atoms with E-state index in [-0.39, 0.29) is 5.75 Å². The lowest BCUT2D eigenvalue weighted by Crippen LogP contribution is -2.19. The van der Waals surface area contributed by atoms with E-state index in [4.69, 9.17) is 10.5 Å². The van der Waals surface area contributed by atoms with E-state index in [2.05, 4.69) is 26.5 Å². The molecular weight excluding hydrogens is 350 g/mol. The van der Waals surface area contributed by atoms with Gasteiger partial charge in [0, 0.05) is 11.3 Å². The Labute approximate surface area is 135 Å². The molecule has 0 fully saturated rings. The highest BCUT2D eigenvalue weighted by Gasteiger charge is 2.10. The van der Waals surface area contributed by atoms with Gasteiger partial charge in [0.25, 0.3) is 5.91 Å². The second kappa shape index (κ2) is 6.95. The Morgan fingerprint density at radius 1 is 1.36 bits per heavy atom. The molecule has 0 unspecified atom stereocenters. The van der Waals surface area contributed by atoms with Crippen LogP contribution in [0.25, 0.3) is 0 Å². The molecule has 2 aromatic carbocycles. The number of nitrogen functional groups attached to an aromatic ring is 1. The first kappa shape index (κ1) is 15.8. The number of carbonyl (C=O) groups is 1. The van der Waals surface area contributed by atoms with Crippen LogP contribution in [0, 0.1) is 0 Å². The van der Waals surface area contributed by atoms with Gasteiger partial charge in [-0.2, -0.15) is 5.10 Å². The third-order valence-corrected chi connectivity index (χ3v) is 3.74. The van der Waals surface area contributed by atoms with Crippen molar-refractivity contribution in [3.05, 3.63) is 52.0 Å². The summed E-state index contributed by atoms with van der Waals surface area (Å²) in [7, 11) is 1.46. The van der Waals surface area contributed by atoms with E-state index >= 15 is 0 Å². The van der Waals surface area contributed by atoms with Gasteiger partial charge in [-0.05, 0) is 40.2 Å². The van der Waals surface area contributed by atoms with Crippen LogP contribution >= 0.6 is 15.9 Å². The molecule has 0 bridgehead atoms. The standard InChI is InChI=1S/C15H14BrN3O3/c1-22-12-7-6-9(13(16)14(12)20)8-18-19-15(21)10-4-2-3-5-11(10)17/h2-8,20H,17H2,1H3,(H,19,21)/b18-8-. The minimum atomic E-state index is -0.414. The van der Waals surface area contributed by atoms with Crippen LogP contribution in [0.5, 0.6) is 11.5 Å². The average Bonchev–Trinajstić information content (AvgIpc) is 2.52. The number of aromatic hydroxyl groups is 1. The van der Waals surface area contributed by atoms with E-state index < -0.39 is 5.91 Å². The lowest BCUT2D eigenvalue weighted by molar-refractivity contribution is 0.0956. The highest BCUT2D eigenvalue weighted by atomic mass is 79.9. The summed E-state index contributed by atoms with van der Waals surface area (Å²) in [5.41, 5.74) is 9.39. The number of halogens is 1. The number of para-hydroxylation sites is 1. The van der Waals surface area contributed by atoms with Crippen molar-refractivity contribution in [3.8, 4) is 11.5 Å². The number of nitrogens with two attached hydrogens (primary N) is 1. The molecule has 0 spiro atoms. The Morgan fingerprint density at radius 2 is 2.09 bits per heavy atom. The lowest BCUT2D eigenvalue weighted by atomic mass is 10.2. The number of nitrogens with zero attached hydrogens (tertiary/aromatic N) is 1. The fraction of sp³-hybridized carbons (Fsp3) is 0.0667. The van der Waals surface area contributed by atoms with E-state index in [0.717, 1.165) is 0 Å². The lowest BCUT2D eigenvalue weighted by Gasteiger charge is -2.07. The van der Waals surface area contributed by atoms with Crippen molar-refractivity contribution in [1.82, 2.24) is 5.43 Å². The molecule has 2 rings (SSSR count). The summed E-state index contributed by atoms with van der Waals surface area (Å²) >= 11 is 3.24. The number of rotatable bonds is 4. The molecule has 0 aliphatic heterocycles. The first-order chi connectivity index (χ1) is 10.5. The van der Waals surface area contributed by atoms with Gasteiger partial charge in [0.1, 0.15) is 0 Å². The summed E-state index contributed by atoms with van der Waals surface area (Å²) in [6, 6.07) is 9.99. The molecule has 0 heterocycles. The monoisotopic (exact) mass is 363 g/mol. The number of phenolic OH excluding ortho intramolecular Hbond substituents is 1. The van der Waals surface area contributed by atoms with Gasteiger partial charge >= 0.3 is 0 Å². The number of hydrogen-bond acceptors (Lipinski definition) is 5. The zero-order valence-electron chi connectivity index (χ0n) is 11.7. The summed E-state index contributed by atoms with van der Waals surface area (Å²) in [5, 5.41) is 13.7. The molecule has 0 saturated heterocycles. The topological polar surface area (TPSA) is 96.9 Å². The van der Waals surface area contributed by atoms with Gasteiger partial charge in [0.05, 0.1) is 23.4 Å². The summed E-state index contributed by atoms with van der Waals surface area (Å²) in [6.07, 6.45) is 1.40. The number of ether oxygens (including phenoxy) is 1. The second-order valence-electron chi connectivity index (χ2n) is 4.31. The predicted molar refractivity (Wildman–Crippen MR) is 88.3 cm³/mol. The number of methoxy groups -OCH3 is 1. The van der Waals surface area contributed by atoms with Crippen LogP contribution in [0.4, 0.5) is 5.69 Å². The van der Waals surface area contributed by atoms with Gasteiger partial charge in [-0.1, -0.05) is 12.1 Å². The SMILES string of the molecule is COc1ccc(/C=N\NC(=O)c2ccccc2N)c(Br)c1O. The third kappa shape index (κ3) is 3.37. The van der Waals surface area contributed by atoms with Gasteiger partial charge in [0.2, 0.25) is 0 Å². The molecule has 0 atom stereocenters. The second-order valence-corrected chi connectivity index (χ2v) is 5.10. The number of hydrazone groups is 1. The minimum Gasteiger partial charge on any atom is -0.503 e. The smallest absolute Gasteiger partial charge is 0.273 e. The molecule has 0 radical (unpaired) electrons. The molecule has 2 aromatic rings. The van der Waals surface area contributed by atoms with E-state index in [1.807, 2.05) is 0 Å². The molecule has 0 aliphatic rings. The van der Waals surface area contributed by atoms with Gasteiger partial charge < -0.3 is 15.6 Å². The number of phenols is 1. The molecule has 1 amide bonds. The van der Waals surface area contributed by atoms with Crippen LogP contribution in [-0.2, 0) is 0 Å². The van der Waals surface area contributed by atoms with Crippen molar-refractivity contribution in [1.29, 1.82) is 0 Å². The fourth-order valence-corrected chi connectivity index (χ4v) is 2.18. The summed E-state index contributed by atoms with van der Waals surface area (Å²) in [5.74, 6) is -0.113. The maximum Gasteiger partial charge on any atom is 0.273 e. The predicted octanol–water partition coefficient (Wildman–Crippen LogP) is 2.51. The van der Waals surface area contributed by atoms with Crippen molar-refractivity contribution in [2.75, 3.05) is 12.8 Å². The maximum absolute atomic E-state index is 11.9. The first-order valence-electron chi connectivity index (χ1n) is 6.28. The van der Waals surface area contributed by atoms with E-state index in [1.54, 1.807) is 36.4 Å². The highest BCUT2D eigenvalue weighted by Crippen LogP contribution is 2.35. The molecule has 22 heavy (non-hydrogen) atoms. The quantitative estimate of drug-likeness (QED) is 0.441. The Bertz CT molecular complexity index is 732. The molecule has 114 valence electrons. The van der Waals surface area contributed by atoms with Crippen LogP contribution in [-0.4, -0.2) is 24.3 Å². The number of anilines is 1. The number of hydrogen-bond donors (Lipinski definition) is 3. The summed E-state index contributed by atoms with van der Waals surface area (Å²) in [6.45, 7) is 0. The van der Waals surface area contributed by atoms with Crippen LogP contribution in [0.15, 0.2) is 46.0 Å². The van der Waals surface area contributed by atoms with Gasteiger partial charge in [-0.25, -0.2) is 5.43 Å². The van der Waals surface area contributed by atoms with Crippen molar-refractivity contribution in [2.24, 2.45) is 5.10 Å². The number of benzene rings is 2. The number of carbonyl (C=O) groups excluding carboxylic acids is 1. The first-order valence-corrected chi connectivity index (χ1v) is 7.07. The molecular formula is C15H14BrN3O3. The summed E-state index contributed by atoms with van der Waals surface area (Å²) < 4.78 is 5.41. The Kier molecular flexibility index (Phi) is 5.00. The molecule has 7 heteroatoms. The van der Waals surface area contributed by atoms with Crippen molar-refractivity contribution >= 4 is 33.7 Å². The molecule has 0 saturated carbocycles.